The van der Waals surface area contributed by atoms with Crippen molar-refractivity contribution in [3.63, 3.8) is 0 Å². The highest BCUT2D eigenvalue weighted by molar-refractivity contribution is 5.72. The van der Waals surface area contributed by atoms with Gasteiger partial charge < -0.3 is 14.6 Å². The van der Waals surface area contributed by atoms with Crippen molar-refractivity contribution in [3.8, 4) is 23.3 Å². The molecule has 0 aromatic heterocycles. The average Bonchev–Trinajstić information content (AvgIpc) is 2.63. The number of carboxylic acid groups (broad SMARTS) is 1. The fourth-order valence-corrected chi connectivity index (χ4v) is 2.28. The van der Waals surface area contributed by atoms with Gasteiger partial charge in [0.15, 0.2) is 29.2 Å². The fraction of sp³-hybridized carbons (Fsp3) is 0.300. The summed E-state index contributed by atoms with van der Waals surface area (Å²) < 4.78 is 25.2. The van der Waals surface area contributed by atoms with E-state index < -0.39 is 17.9 Å². The zero-order valence-corrected chi connectivity index (χ0v) is 14.7. The van der Waals surface area contributed by atoms with Crippen molar-refractivity contribution in [3.05, 3.63) is 53.3 Å². The topological polar surface area (TPSA) is 79.6 Å². The number of halogens is 1. The van der Waals surface area contributed by atoms with Crippen LogP contribution in [-0.4, -0.2) is 17.2 Å². The third-order valence-corrected chi connectivity index (χ3v) is 3.76. The molecule has 0 bridgehead atoms. The molecule has 0 fully saturated rings. The van der Waals surface area contributed by atoms with Gasteiger partial charge in [-0.15, -0.1) is 0 Å². The van der Waals surface area contributed by atoms with Gasteiger partial charge in [0.25, 0.3) is 0 Å². The van der Waals surface area contributed by atoms with E-state index >= 15 is 0 Å². The van der Waals surface area contributed by atoms with E-state index in [0.717, 1.165) is 30.9 Å². The van der Waals surface area contributed by atoms with Crippen LogP contribution in [0, 0.1) is 17.1 Å². The predicted octanol–water partition coefficient (Wildman–Crippen LogP) is 4.68. The molecule has 0 saturated heterocycles. The molecule has 0 heterocycles. The first-order valence-electron chi connectivity index (χ1n) is 8.34. The minimum atomic E-state index is -1.12. The number of hydrogen-bond acceptors (Lipinski definition) is 4. The lowest BCUT2D eigenvalue weighted by atomic mass is 10.1. The minimum absolute atomic E-state index is 0.0653. The summed E-state index contributed by atoms with van der Waals surface area (Å²) in [6.45, 7) is 3.48. The number of unbranched alkanes of at least 4 members (excludes halogenated alkanes) is 1. The molecular formula is C20H20FNO4. The van der Waals surface area contributed by atoms with Crippen LogP contribution in [0.1, 0.15) is 37.8 Å². The van der Waals surface area contributed by atoms with Gasteiger partial charge in [-0.3, -0.25) is 0 Å². The summed E-state index contributed by atoms with van der Waals surface area (Å²) in [5.74, 6) is -1.42. The molecule has 136 valence electrons. The molecule has 1 N–H and O–H groups in total. The number of aliphatic carboxylic acids is 1. The molecule has 2 aromatic rings. The first kappa shape index (κ1) is 19.3. The van der Waals surface area contributed by atoms with Gasteiger partial charge >= 0.3 is 5.97 Å². The van der Waals surface area contributed by atoms with Crippen LogP contribution in [0.3, 0.4) is 0 Å². The number of benzene rings is 2. The van der Waals surface area contributed by atoms with Crippen molar-refractivity contribution >= 4 is 5.97 Å². The monoisotopic (exact) mass is 357 g/mol. The summed E-state index contributed by atoms with van der Waals surface area (Å²) in [6.07, 6.45) is 1.74. The number of aryl methyl sites for hydroxylation is 1. The number of carboxylic acids is 1. The predicted molar refractivity (Wildman–Crippen MR) is 94.0 cm³/mol. The van der Waals surface area contributed by atoms with Gasteiger partial charge in [0.05, 0.1) is 11.6 Å². The van der Waals surface area contributed by atoms with Crippen molar-refractivity contribution in [1.82, 2.24) is 0 Å². The van der Waals surface area contributed by atoms with Gasteiger partial charge in [-0.25, -0.2) is 9.18 Å². The van der Waals surface area contributed by atoms with Crippen LogP contribution in [-0.2, 0) is 11.2 Å². The molecule has 0 aliphatic carbocycles. The largest absolute Gasteiger partial charge is 0.479 e. The Morgan fingerprint density at radius 2 is 1.96 bits per heavy atom. The Morgan fingerprint density at radius 3 is 2.58 bits per heavy atom. The number of rotatable bonds is 8. The maximum absolute atomic E-state index is 14.1. The van der Waals surface area contributed by atoms with Crippen LogP contribution < -0.4 is 9.47 Å². The molecule has 2 aromatic carbocycles. The summed E-state index contributed by atoms with van der Waals surface area (Å²) in [5.41, 5.74) is 1.16. The zero-order chi connectivity index (χ0) is 19.1. The maximum atomic E-state index is 14.1. The van der Waals surface area contributed by atoms with Crippen LogP contribution in [0.15, 0.2) is 36.4 Å². The lowest BCUT2D eigenvalue weighted by molar-refractivity contribution is -0.144. The smallest absolute Gasteiger partial charge is 0.344 e. The summed E-state index contributed by atoms with van der Waals surface area (Å²) in [4.78, 5) is 11.0. The molecule has 6 heteroatoms. The van der Waals surface area contributed by atoms with E-state index in [-0.39, 0.29) is 22.8 Å². The van der Waals surface area contributed by atoms with Gasteiger partial charge in [0, 0.05) is 0 Å². The van der Waals surface area contributed by atoms with Crippen LogP contribution >= 0.6 is 0 Å². The molecule has 0 spiro atoms. The second-order valence-corrected chi connectivity index (χ2v) is 5.84. The highest BCUT2D eigenvalue weighted by atomic mass is 19.1. The molecular weight excluding hydrogens is 337 g/mol. The van der Waals surface area contributed by atoms with E-state index in [1.807, 2.05) is 12.1 Å². The molecule has 0 aliphatic heterocycles. The number of hydrogen-bond donors (Lipinski definition) is 1. The van der Waals surface area contributed by atoms with Crippen molar-refractivity contribution in [2.75, 3.05) is 0 Å². The minimum Gasteiger partial charge on any atom is -0.479 e. The van der Waals surface area contributed by atoms with Crippen LogP contribution in [0.4, 0.5) is 4.39 Å². The molecule has 1 atom stereocenters. The van der Waals surface area contributed by atoms with Crippen LogP contribution in [0.5, 0.6) is 17.2 Å². The zero-order valence-electron chi connectivity index (χ0n) is 14.7. The molecule has 0 saturated carbocycles. The average molecular weight is 357 g/mol. The number of carbonyl (C=O) groups is 1. The van der Waals surface area contributed by atoms with Gasteiger partial charge in [-0.2, -0.15) is 5.26 Å². The van der Waals surface area contributed by atoms with Crippen molar-refractivity contribution < 1.29 is 23.8 Å². The Balaban J connectivity index is 2.35. The summed E-state index contributed by atoms with van der Waals surface area (Å²) >= 11 is 0. The second kappa shape index (κ2) is 8.86. The Kier molecular flexibility index (Phi) is 6.56. The highest BCUT2D eigenvalue weighted by Gasteiger charge is 2.17. The van der Waals surface area contributed by atoms with Gasteiger partial charge in [-0.05, 0) is 55.7 Å². The van der Waals surface area contributed by atoms with E-state index in [2.05, 4.69) is 6.92 Å². The third kappa shape index (κ3) is 4.96. The summed E-state index contributed by atoms with van der Waals surface area (Å²) in [6, 6.07) is 10.9. The molecule has 0 aliphatic rings. The summed E-state index contributed by atoms with van der Waals surface area (Å²) in [7, 11) is 0. The van der Waals surface area contributed by atoms with Crippen molar-refractivity contribution in [2.24, 2.45) is 0 Å². The van der Waals surface area contributed by atoms with Crippen molar-refractivity contribution in [2.45, 2.75) is 39.2 Å². The van der Waals surface area contributed by atoms with E-state index in [9.17, 15) is 9.18 Å². The molecule has 26 heavy (non-hydrogen) atoms. The highest BCUT2D eigenvalue weighted by Crippen LogP contribution is 2.35. The van der Waals surface area contributed by atoms with E-state index in [0.29, 0.717) is 0 Å². The number of nitriles is 1. The first-order chi connectivity index (χ1) is 12.4. The second-order valence-electron chi connectivity index (χ2n) is 5.84. The fourth-order valence-electron chi connectivity index (χ4n) is 2.28. The SMILES string of the molecule is CCCCc1ccc(O[C@H](C)C(=O)O)c(Oc2ccc(C#N)cc2F)c1. The third-order valence-electron chi connectivity index (χ3n) is 3.76. The maximum Gasteiger partial charge on any atom is 0.344 e. The van der Waals surface area contributed by atoms with Gasteiger partial charge in [-0.1, -0.05) is 19.4 Å². The van der Waals surface area contributed by atoms with E-state index in [4.69, 9.17) is 19.8 Å². The Bertz CT molecular complexity index is 829. The normalized spacial score (nSPS) is 11.5. The molecule has 0 unspecified atom stereocenters. The van der Waals surface area contributed by atoms with E-state index in [1.165, 1.54) is 19.1 Å². The lowest BCUT2D eigenvalue weighted by Gasteiger charge is -2.16. The Morgan fingerprint density at radius 1 is 1.23 bits per heavy atom. The van der Waals surface area contributed by atoms with Gasteiger partial charge in [0.2, 0.25) is 0 Å². The molecule has 2 rings (SSSR count). The van der Waals surface area contributed by atoms with Gasteiger partial charge in [0.1, 0.15) is 0 Å². The Labute approximate surface area is 151 Å². The quantitative estimate of drug-likeness (QED) is 0.742. The molecule has 5 nitrogen and oxygen atoms in total. The summed E-state index contributed by atoms with van der Waals surface area (Å²) in [5, 5.41) is 17.9. The van der Waals surface area contributed by atoms with Crippen LogP contribution in [0.25, 0.3) is 0 Å². The Hall–Kier alpha value is -3.07. The standard InChI is InChI=1S/C20H20FNO4/c1-3-4-5-14-6-9-18(25-13(2)20(23)24)19(11-14)26-17-8-7-15(12-22)10-16(17)21/h6-11,13H,3-5H2,1-2H3,(H,23,24)/t13-/m1/s1. The van der Waals surface area contributed by atoms with E-state index in [1.54, 1.807) is 12.1 Å². The first-order valence-corrected chi connectivity index (χ1v) is 8.34. The molecule has 0 radical (unpaired) electrons. The lowest BCUT2D eigenvalue weighted by Crippen LogP contribution is -2.23. The van der Waals surface area contributed by atoms with Crippen LogP contribution in [0.2, 0.25) is 0 Å². The number of ether oxygens (including phenoxy) is 2. The molecule has 0 amide bonds. The number of nitrogens with zero attached hydrogens (tertiary/aromatic N) is 1. The van der Waals surface area contributed by atoms with Crippen molar-refractivity contribution in [1.29, 1.82) is 5.26 Å².